The third kappa shape index (κ3) is 3.22. The minimum Gasteiger partial charge on any atom is -0.481 e. The van der Waals surface area contributed by atoms with Crippen LogP contribution in [-0.4, -0.2) is 17.0 Å². The van der Waals surface area contributed by atoms with Crippen molar-refractivity contribution in [2.24, 2.45) is 0 Å². The van der Waals surface area contributed by atoms with Gasteiger partial charge in [-0.15, -0.1) is 0 Å². The lowest BCUT2D eigenvalue weighted by Crippen LogP contribution is -2.14. The van der Waals surface area contributed by atoms with Gasteiger partial charge in [0.2, 0.25) is 0 Å². The van der Waals surface area contributed by atoms with Gasteiger partial charge in [0.1, 0.15) is 12.2 Å². The molecular formula is C9H7FNO3. The molecule has 0 fully saturated rings. The van der Waals surface area contributed by atoms with Crippen molar-refractivity contribution in [3.05, 3.63) is 30.1 Å². The third-order valence-corrected chi connectivity index (χ3v) is 1.38. The van der Waals surface area contributed by atoms with Crippen LogP contribution in [0.1, 0.15) is 6.42 Å². The van der Waals surface area contributed by atoms with Crippen LogP contribution in [0, 0.1) is 5.82 Å². The molecule has 1 N–H and O–H groups in total. The predicted octanol–water partition coefficient (Wildman–Crippen LogP) is 1.06. The van der Waals surface area contributed by atoms with Gasteiger partial charge in [-0.2, -0.15) is 0 Å². The van der Waals surface area contributed by atoms with E-state index in [0.717, 1.165) is 12.1 Å². The van der Waals surface area contributed by atoms with E-state index in [1.54, 1.807) is 0 Å². The van der Waals surface area contributed by atoms with Crippen molar-refractivity contribution in [1.29, 1.82) is 0 Å². The monoisotopic (exact) mass is 196 g/mol. The third-order valence-electron chi connectivity index (χ3n) is 1.38. The van der Waals surface area contributed by atoms with Crippen LogP contribution in [0.5, 0.6) is 0 Å². The summed E-state index contributed by atoms with van der Waals surface area (Å²) in [5.74, 6) is -2.43. The zero-order chi connectivity index (χ0) is 10.6. The molecule has 0 bridgehead atoms. The van der Waals surface area contributed by atoms with Crippen LogP contribution in [0.3, 0.4) is 0 Å². The van der Waals surface area contributed by atoms with Gasteiger partial charge in [-0.25, -0.2) is 9.71 Å². The second-order valence-corrected chi connectivity index (χ2v) is 2.55. The van der Waals surface area contributed by atoms with Crippen molar-refractivity contribution >= 4 is 17.6 Å². The Balaban J connectivity index is 2.56. The number of halogens is 1. The summed E-state index contributed by atoms with van der Waals surface area (Å²) in [7, 11) is 0. The number of carbonyl (C=O) groups is 2. The summed E-state index contributed by atoms with van der Waals surface area (Å²) in [6.45, 7) is 0. The van der Waals surface area contributed by atoms with E-state index in [9.17, 15) is 14.0 Å². The van der Waals surface area contributed by atoms with Gasteiger partial charge in [0.05, 0.1) is 5.69 Å². The number of nitrogens with zero attached hydrogens (tertiary/aromatic N) is 1. The van der Waals surface area contributed by atoms with Crippen molar-refractivity contribution in [2.45, 2.75) is 6.42 Å². The van der Waals surface area contributed by atoms with Crippen molar-refractivity contribution in [3.8, 4) is 0 Å². The van der Waals surface area contributed by atoms with Gasteiger partial charge in [0.25, 0.3) is 5.91 Å². The number of aliphatic carboxylic acids is 1. The molecule has 0 heterocycles. The highest BCUT2D eigenvalue weighted by Crippen LogP contribution is 2.08. The lowest BCUT2D eigenvalue weighted by molar-refractivity contribution is -0.140. The number of hydrogen-bond acceptors (Lipinski definition) is 2. The topological polar surface area (TPSA) is 68.5 Å². The molecule has 1 aromatic rings. The standard InChI is InChI=1S/C9H7FNO3/c10-6-1-3-7(4-2-6)11-8(12)5-9(13)14/h1-4H,5H2,(H,13,14). The fourth-order valence-corrected chi connectivity index (χ4v) is 0.829. The smallest absolute Gasteiger partial charge is 0.312 e. The van der Waals surface area contributed by atoms with Crippen LogP contribution in [0.15, 0.2) is 24.3 Å². The van der Waals surface area contributed by atoms with Crippen LogP contribution in [0.2, 0.25) is 0 Å². The average molecular weight is 196 g/mol. The SMILES string of the molecule is O=C(O)CC(=O)[N]c1ccc(F)cc1. The number of benzene rings is 1. The summed E-state index contributed by atoms with van der Waals surface area (Å²) >= 11 is 0. The van der Waals surface area contributed by atoms with Crippen LogP contribution < -0.4 is 5.32 Å². The van der Waals surface area contributed by atoms with Crippen molar-refractivity contribution in [3.63, 3.8) is 0 Å². The number of rotatable bonds is 3. The Morgan fingerprint density at radius 2 is 1.86 bits per heavy atom. The fraction of sp³-hybridized carbons (Fsp3) is 0.111. The number of carboxylic acid groups (broad SMARTS) is 1. The Labute approximate surface area is 79.4 Å². The number of hydrogen-bond donors (Lipinski definition) is 1. The van der Waals surface area contributed by atoms with Gasteiger partial charge in [-0.3, -0.25) is 9.59 Å². The molecule has 1 radical (unpaired) electrons. The lowest BCUT2D eigenvalue weighted by Gasteiger charge is -1.98. The molecule has 0 aliphatic rings. The Kier molecular flexibility index (Phi) is 3.17. The molecule has 0 atom stereocenters. The number of carboxylic acids is 1. The van der Waals surface area contributed by atoms with E-state index in [4.69, 9.17) is 5.11 Å². The molecule has 0 aliphatic heterocycles. The maximum Gasteiger partial charge on any atom is 0.312 e. The predicted molar refractivity (Wildman–Crippen MR) is 45.5 cm³/mol. The Hall–Kier alpha value is -1.91. The second kappa shape index (κ2) is 4.36. The fourth-order valence-electron chi connectivity index (χ4n) is 0.829. The highest BCUT2D eigenvalue weighted by Gasteiger charge is 2.09. The molecular weight excluding hydrogens is 189 g/mol. The first-order valence-electron chi connectivity index (χ1n) is 3.80. The van der Waals surface area contributed by atoms with Crippen molar-refractivity contribution in [2.75, 3.05) is 0 Å². The van der Waals surface area contributed by atoms with E-state index < -0.39 is 24.1 Å². The molecule has 73 valence electrons. The highest BCUT2D eigenvalue weighted by atomic mass is 19.1. The molecule has 1 amide bonds. The summed E-state index contributed by atoms with van der Waals surface area (Å²) in [6.07, 6.45) is -0.655. The molecule has 4 nitrogen and oxygen atoms in total. The molecule has 0 saturated carbocycles. The second-order valence-electron chi connectivity index (χ2n) is 2.55. The quantitative estimate of drug-likeness (QED) is 0.735. The van der Waals surface area contributed by atoms with Gasteiger partial charge in [0, 0.05) is 0 Å². The highest BCUT2D eigenvalue weighted by molar-refractivity contribution is 5.95. The molecule has 0 unspecified atom stereocenters. The van der Waals surface area contributed by atoms with Crippen LogP contribution in [-0.2, 0) is 9.59 Å². The summed E-state index contributed by atoms with van der Waals surface area (Å²) in [5, 5.41) is 11.7. The minimum atomic E-state index is -1.24. The van der Waals surface area contributed by atoms with Crippen molar-refractivity contribution < 1.29 is 19.1 Å². The maximum atomic E-state index is 12.4. The van der Waals surface area contributed by atoms with Crippen LogP contribution >= 0.6 is 0 Å². The molecule has 1 rings (SSSR count). The van der Waals surface area contributed by atoms with E-state index in [1.807, 2.05) is 0 Å². The Bertz CT molecular complexity index is 348. The number of carbonyl (C=O) groups excluding carboxylic acids is 1. The zero-order valence-electron chi connectivity index (χ0n) is 7.11. The molecule has 1 aromatic carbocycles. The lowest BCUT2D eigenvalue weighted by atomic mass is 10.3. The largest absolute Gasteiger partial charge is 0.481 e. The van der Waals surface area contributed by atoms with E-state index >= 15 is 0 Å². The van der Waals surface area contributed by atoms with Crippen LogP contribution in [0.25, 0.3) is 0 Å². The van der Waals surface area contributed by atoms with E-state index in [1.165, 1.54) is 12.1 Å². The molecule has 0 aliphatic carbocycles. The van der Waals surface area contributed by atoms with Gasteiger partial charge in [-0.1, -0.05) is 0 Å². The zero-order valence-corrected chi connectivity index (χ0v) is 7.11. The van der Waals surface area contributed by atoms with Gasteiger partial charge >= 0.3 is 5.97 Å². The minimum absolute atomic E-state index is 0.248. The molecule has 0 saturated heterocycles. The first-order chi connectivity index (χ1) is 6.58. The van der Waals surface area contributed by atoms with Crippen molar-refractivity contribution in [1.82, 2.24) is 5.32 Å². The molecule has 14 heavy (non-hydrogen) atoms. The summed E-state index contributed by atoms with van der Waals surface area (Å²) in [4.78, 5) is 21.0. The van der Waals surface area contributed by atoms with E-state index in [-0.39, 0.29) is 5.69 Å². The van der Waals surface area contributed by atoms with Crippen LogP contribution in [0.4, 0.5) is 10.1 Å². The van der Waals surface area contributed by atoms with E-state index in [0.29, 0.717) is 0 Å². The molecule has 5 heteroatoms. The maximum absolute atomic E-state index is 12.4. The average Bonchev–Trinajstić information content (AvgIpc) is 2.07. The normalized spacial score (nSPS) is 9.50. The van der Waals surface area contributed by atoms with Gasteiger partial charge < -0.3 is 5.11 Å². The first-order valence-corrected chi connectivity index (χ1v) is 3.80. The van der Waals surface area contributed by atoms with E-state index in [2.05, 4.69) is 5.32 Å². The first kappa shape index (κ1) is 10.2. The summed E-state index contributed by atoms with van der Waals surface area (Å²) < 4.78 is 12.4. The Morgan fingerprint density at radius 3 is 2.36 bits per heavy atom. The Morgan fingerprint density at radius 1 is 1.29 bits per heavy atom. The molecule has 0 aromatic heterocycles. The van der Waals surface area contributed by atoms with Gasteiger partial charge in [0.15, 0.2) is 0 Å². The summed E-state index contributed by atoms with van der Waals surface area (Å²) in [5.41, 5.74) is 0.248. The molecule has 0 spiro atoms. The number of amides is 1. The van der Waals surface area contributed by atoms with Gasteiger partial charge in [-0.05, 0) is 24.3 Å². The summed E-state index contributed by atoms with van der Waals surface area (Å²) in [6, 6.07) is 4.89.